The number of aliphatic imine (C=N–C) groups is 1. The normalized spacial score (nSPS) is 15.3. The molecule has 0 amide bonds. The van der Waals surface area contributed by atoms with Gasteiger partial charge in [0.2, 0.25) is 0 Å². The molecule has 0 saturated carbocycles. The highest BCUT2D eigenvalue weighted by Crippen LogP contribution is 2.20. The molecule has 1 aromatic carbocycles. The molecule has 1 saturated heterocycles. The SMILES string of the molecule is CN=C(NCCCOC1CCOCC1)NCc1ccc(C)cc1OCCCOC. The summed E-state index contributed by atoms with van der Waals surface area (Å²) in [5.74, 6) is 1.69. The molecule has 2 N–H and O–H groups in total. The standard InChI is InChI=1S/C22H37N3O4/c1-18-6-7-19(21(16-18)29-13-5-11-26-3)17-25-22(23-2)24-10-4-12-28-20-8-14-27-15-9-20/h6-7,16,20H,4-5,8-15,17H2,1-3H3,(H2,23,24,25). The Morgan fingerprint density at radius 1 is 1.14 bits per heavy atom. The van der Waals surface area contributed by atoms with E-state index in [1.165, 1.54) is 5.56 Å². The smallest absolute Gasteiger partial charge is 0.191 e. The van der Waals surface area contributed by atoms with Crippen molar-refractivity contribution in [2.45, 2.75) is 45.3 Å². The summed E-state index contributed by atoms with van der Waals surface area (Å²) in [6.45, 7) is 7.27. The van der Waals surface area contributed by atoms with Crippen LogP contribution >= 0.6 is 0 Å². The predicted octanol–water partition coefficient (Wildman–Crippen LogP) is 2.66. The van der Waals surface area contributed by atoms with Gasteiger partial charge in [-0.05, 0) is 37.8 Å². The van der Waals surface area contributed by atoms with E-state index in [1.54, 1.807) is 14.2 Å². The Morgan fingerprint density at radius 2 is 1.97 bits per heavy atom. The Hall–Kier alpha value is -1.83. The minimum absolute atomic E-state index is 0.352. The minimum Gasteiger partial charge on any atom is -0.493 e. The molecule has 1 aliphatic heterocycles. The van der Waals surface area contributed by atoms with Crippen molar-refractivity contribution in [3.63, 3.8) is 0 Å². The highest BCUT2D eigenvalue weighted by atomic mass is 16.5. The third-order valence-corrected chi connectivity index (χ3v) is 4.78. The predicted molar refractivity (Wildman–Crippen MR) is 116 cm³/mol. The lowest BCUT2D eigenvalue weighted by molar-refractivity contribution is -0.0320. The van der Waals surface area contributed by atoms with Crippen LogP contribution in [-0.4, -0.2) is 65.8 Å². The van der Waals surface area contributed by atoms with E-state index >= 15 is 0 Å². The van der Waals surface area contributed by atoms with Crippen molar-refractivity contribution in [1.82, 2.24) is 10.6 Å². The molecule has 0 radical (unpaired) electrons. The van der Waals surface area contributed by atoms with Gasteiger partial charge in [-0.25, -0.2) is 0 Å². The highest BCUT2D eigenvalue weighted by Gasteiger charge is 2.13. The highest BCUT2D eigenvalue weighted by molar-refractivity contribution is 5.79. The van der Waals surface area contributed by atoms with Gasteiger partial charge in [-0.1, -0.05) is 12.1 Å². The van der Waals surface area contributed by atoms with E-state index in [-0.39, 0.29) is 0 Å². The van der Waals surface area contributed by atoms with Gasteiger partial charge in [-0.15, -0.1) is 0 Å². The number of rotatable bonds is 12. The average Bonchev–Trinajstić information content (AvgIpc) is 2.75. The summed E-state index contributed by atoms with van der Waals surface area (Å²) in [6.07, 6.45) is 4.17. The van der Waals surface area contributed by atoms with Gasteiger partial charge in [-0.2, -0.15) is 0 Å². The molecule has 0 aliphatic carbocycles. The van der Waals surface area contributed by atoms with Crippen molar-refractivity contribution in [2.75, 3.05) is 53.7 Å². The number of aryl methyl sites for hydroxylation is 1. The molecule has 2 rings (SSSR count). The fraction of sp³-hybridized carbons (Fsp3) is 0.682. The van der Waals surface area contributed by atoms with E-state index in [4.69, 9.17) is 18.9 Å². The van der Waals surface area contributed by atoms with Crippen LogP contribution in [0.1, 0.15) is 36.8 Å². The largest absolute Gasteiger partial charge is 0.493 e. The molecule has 0 unspecified atom stereocenters. The Bertz CT molecular complexity index is 604. The van der Waals surface area contributed by atoms with Crippen LogP contribution in [0, 0.1) is 6.92 Å². The summed E-state index contributed by atoms with van der Waals surface area (Å²) in [5, 5.41) is 6.71. The number of methoxy groups -OCH3 is 1. The molecule has 0 bridgehead atoms. The quantitative estimate of drug-likeness (QED) is 0.315. The number of guanidine groups is 1. The van der Waals surface area contributed by atoms with Crippen LogP contribution in [0.5, 0.6) is 5.75 Å². The van der Waals surface area contributed by atoms with Crippen LogP contribution in [0.2, 0.25) is 0 Å². The van der Waals surface area contributed by atoms with Gasteiger partial charge in [-0.3, -0.25) is 4.99 Å². The maximum Gasteiger partial charge on any atom is 0.191 e. The number of hydrogen-bond donors (Lipinski definition) is 2. The first kappa shape index (κ1) is 23.4. The van der Waals surface area contributed by atoms with Gasteiger partial charge in [0.25, 0.3) is 0 Å². The second-order valence-corrected chi connectivity index (χ2v) is 7.19. The van der Waals surface area contributed by atoms with Crippen LogP contribution < -0.4 is 15.4 Å². The Balaban J connectivity index is 1.69. The average molecular weight is 408 g/mol. The monoisotopic (exact) mass is 407 g/mol. The molecular formula is C22H37N3O4. The van der Waals surface area contributed by atoms with E-state index in [0.29, 0.717) is 25.9 Å². The fourth-order valence-corrected chi connectivity index (χ4v) is 3.10. The molecule has 1 fully saturated rings. The topological polar surface area (TPSA) is 73.3 Å². The van der Waals surface area contributed by atoms with Gasteiger partial charge in [0, 0.05) is 65.7 Å². The summed E-state index contributed by atoms with van der Waals surface area (Å²) in [6, 6.07) is 6.28. The van der Waals surface area contributed by atoms with Crippen LogP contribution in [0.25, 0.3) is 0 Å². The lowest BCUT2D eigenvalue weighted by Crippen LogP contribution is -2.37. The molecule has 1 aliphatic rings. The minimum atomic E-state index is 0.352. The lowest BCUT2D eigenvalue weighted by Gasteiger charge is -2.22. The van der Waals surface area contributed by atoms with E-state index in [0.717, 1.165) is 69.3 Å². The third kappa shape index (κ3) is 9.47. The van der Waals surface area contributed by atoms with Gasteiger partial charge in [0.1, 0.15) is 5.75 Å². The number of nitrogens with zero attached hydrogens (tertiary/aromatic N) is 1. The second kappa shape index (κ2) is 14.2. The summed E-state index contributed by atoms with van der Waals surface area (Å²) in [5.41, 5.74) is 2.29. The zero-order chi connectivity index (χ0) is 20.7. The maximum absolute atomic E-state index is 5.95. The van der Waals surface area contributed by atoms with Crippen molar-refractivity contribution >= 4 is 5.96 Å². The summed E-state index contributed by atoms with van der Waals surface area (Å²) in [4.78, 5) is 4.30. The van der Waals surface area contributed by atoms with Gasteiger partial charge < -0.3 is 29.6 Å². The Labute approximate surface area is 175 Å². The molecular weight excluding hydrogens is 370 g/mol. The number of nitrogens with one attached hydrogen (secondary N) is 2. The molecule has 0 spiro atoms. The first-order valence-electron chi connectivity index (χ1n) is 10.6. The van der Waals surface area contributed by atoms with Crippen LogP contribution in [-0.2, 0) is 20.8 Å². The van der Waals surface area contributed by atoms with E-state index in [1.807, 2.05) is 0 Å². The van der Waals surface area contributed by atoms with Crippen molar-refractivity contribution < 1.29 is 18.9 Å². The van der Waals surface area contributed by atoms with Gasteiger partial charge in [0.05, 0.1) is 12.7 Å². The maximum atomic E-state index is 5.95. The second-order valence-electron chi connectivity index (χ2n) is 7.19. The van der Waals surface area contributed by atoms with Gasteiger partial charge >= 0.3 is 0 Å². The summed E-state index contributed by atoms with van der Waals surface area (Å²) >= 11 is 0. The molecule has 1 aromatic rings. The third-order valence-electron chi connectivity index (χ3n) is 4.78. The van der Waals surface area contributed by atoms with Crippen LogP contribution in [0.3, 0.4) is 0 Å². The summed E-state index contributed by atoms with van der Waals surface area (Å²) < 4.78 is 22.3. The zero-order valence-electron chi connectivity index (χ0n) is 18.2. The first-order chi connectivity index (χ1) is 14.2. The van der Waals surface area contributed by atoms with E-state index in [9.17, 15) is 0 Å². The number of benzene rings is 1. The first-order valence-corrected chi connectivity index (χ1v) is 10.6. The van der Waals surface area contributed by atoms with E-state index < -0.39 is 0 Å². The van der Waals surface area contributed by atoms with Crippen molar-refractivity contribution in [3.05, 3.63) is 29.3 Å². The van der Waals surface area contributed by atoms with Crippen molar-refractivity contribution in [1.29, 1.82) is 0 Å². The molecule has 0 atom stereocenters. The number of hydrogen-bond acceptors (Lipinski definition) is 5. The van der Waals surface area contributed by atoms with Crippen LogP contribution in [0.4, 0.5) is 0 Å². The molecule has 7 heteroatoms. The van der Waals surface area contributed by atoms with Gasteiger partial charge in [0.15, 0.2) is 5.96 Å². The van der Waals surface area contributed by atoms with E-state index in [2.05, 4.69) is 40.7 Å². The molecule has 0 aromatic heterocycles. The Kier molecular flexibility index (Phi) is 11.5. The molecule has 29 heavy (non-hydrogen) atoms. The Morgan fingerprint density at radius 3 is 2.72 bits per heavy atom. The van der Waals surface area contributed by atoms with Crippen molar-refractivity contribution in [3.8, 4) is 5.75 Å². The lowest BCUT2D eigenvalue weighted by atomic mass is 10.1. The number of ether oxygens (including phenoxy) is 4. The fourth-order valence-electron chi connectivity index (χ4n) is 3.10. The molecule has 164 valence electrons. The molecule has 1 heterocycles. The zero-order valence-corrected chi connectivity index (χ0v) is 18.2. The molecule has 7 nitrogen and oxygen atoms in total. The van der Waals surface area contributed by atoms with Crippen LogP contribution in [0.15, 0.2) is 23.2 Å². The summed E-state index contributed by atoms with van der Waals surface area (Å²) in [7, 11) is 3.49. The van der Waals surface area contributed by atoms with Crippen molar-refractivity contribution in [2.24, 2.45) is 4.99 Å².